The molecular formula is C19H25N3O. The fraction of sp³-hybridized carbons (Fsp3) is 0.474. The molecule has 1 aromatic carbocycles. The van der Waals surface area contributed by atoms with Crippen molar-refractivity contribution in [1.82, 2.24) is 9.88 Å². The summed E-state index contributed by atoms with van der Waals surface area (Å²) in [6.07, 6.45) is 2.67. The van der Waals surface area contributed by atoms with Crippen molar-refractivity contribution >= 4 is 22.5 Å². The van der Waals surface area contributed by atoms with Gasteiger partial charge >= 0.3 is 0 Å². The lowest BCUT2D eigenvalue weighted by molar-refractivity contribution is -0.127. The zero-order chi connectivity index (χ0) is 16.4. The molecule has 3 rings (SSSR count). The second-order valence-corrected chi connectivity index (χ2v) is 6.30. The number of aromatic nitrogens is 1. The number of fused-ring (bicyclic) bond motifs is 1. The van der Waals surface area contributed by atoms with E-state index in [0.717, 1.165) is 43.7 Å². The Balaban J connectivity index is 1.92. The molecule has 0 saturated carbocycles. The van der Waals surface area contributed by atoms with Crippen LogP contribution in [0.15, 0.2) is 24.3 Å². The zero-order valence-corrected chi connectivity index (χ0v) is 14.3. The van der Waals surface area contributed by atoms with Crippen molar-refractivity contribution in [3.8, 4) is 0 Å². The van der Waals surface area contributed by atoms with Gasteiger partial charge in [0.1, 0.15) is 0 Å². The Hall–Kier alpha value is -2.10. The van der Waals surface area contributed by atoms with E-state index in [1.807, 2.05) is 11.0 Å². The minimum Gasteiger partial charge on any atom is -0.372 e. The summed E-state index contributed by atoms with van der Waals surface area (Å²) < 4.78 is 0. The number of benzene rings is 1. The normalized spacial score (nSPS) is 14.7. The molecule has 0 spiro atoms. The standard InChI is InChI=1S/C19H25N3O/c1-4-15-14(2)20-17-9-6-5-8-16(17)19(15)21(3)12-13-22-11-7-10-18(22)23/h5-6,8-9H,4,7,10-13H2,1-3H3. The first-order valence-corrected chi connectivity index (χ1v) is 8.49. The fourth-order valence-electron chi connectivity index (χ4n) is 3.54. The lowest BCUT2D eigenvalue weighted by Gasteiger charge is -2.27. The molecule has 122 valence electrons. The van der Waals surface area contributed by atoms with Crippen LogP contribution in [0.25, 0.3) is 10.9 Å². The molecule has 4 heteroatoms. The highest BCUT2D eigenvalue weighted by molar-refractivity contribution is 5.94. The average molecular weight is 311 g/mol. The monoisotopic (exact) mass is 311 g/mol. The van der Waals surface area contributed by atoms with Crippen molar-refractivity contribution in [3.05, 3.63) is 35.5 Å². The van der Waals surface area contributed by atoms with Crippen LogP contribution in [0.2, 0.25) is 0 Å². The molecule has 1 amide bonds. The summed E-state index contributed by atoms with van der Waals surface area (Å²) in [6, 6.07) is 8.32. The van der Waals surface area contributed by atoms with Crippen molar-refractivity contribution < 1.29 is 4.79 Å². The smallest absolute Gasteiger partial charge is 0.222 e. The fourth-order valence-corrected chi connectivity index (χ4v) is 3.54. The average Bonchev–Trinajstić information content (AvgIpc) is 2.96. The van der Waals surface area contributed by atoms with Gasteiger partial charge < -0.3 is 9.80 Å². The van der Waals surface area contributed by atoms with Crippen LogP contribution >= 0.6 is 0 Å². The van der Waals surface area contributed by atoms with Crippen LogP contribution in [0.5, 0.6) is 0 Å². The van der Waals surface area contributed by atoms with Gasteiger partial charge in [0, 0.05) is 44.2 Å². The number of carbonyl (C=O) groups excluding carboxylic acids is 1. The van der Waals surface area contributed by atoms with Crippen LogP contribution in [0.4, 0.5) is 5.69 Å². The number of pyridine rings is 1. The maximum atomic E-state index is 11.8. The van der Waals surface area contributed by atoms with Gasteiger partial charge in [0.25, 0.3) is 0 Å². The number of nitrogens with zero attached hydrogens (tertiary/aromatic N) is 3. The van der Waals surface area contributed by atoms with Gasteiger partial charge in [-0.05, 0) is 31.4 Å². The molecule has 1 saturated heterocycles. The summed E-state index contributed by atoms with van der Waals surface area (Å²) in [4.78, 5) is 20.8. The largest absolute Gasteiger partial charge is 0.372 e. The molecule has 1 fully saturated rings. The number of aryl methyl sites for hydroxylation is 1. The van der Waals surface area contributed by atoms with E-state index < -0.39 is 0 Å². The van der Waals surface area contributed by atoms with Gasteiger partial charge in [-0.1, -0.05) is 25.1 Å². The maximum absolute atomic E-state index is 11.8. The van der Waals surface area contributed by atoms with Crippen LogP contribution in [0.3, 0.4) is 0 Å². The van der Waals surface area contributed by atoms with E-state index in [1.165, 1.54) is 16.6 Å². The second kappa shape index (κ2) is 6.57. The Morgan fingerprint density at radius 3 is 2.78 bits per heavy atom. The first-order valence-electron chi connectivity index (χ1n) is 8.49. The summed E-state index contributed by atoms with van der Waals surface area (Å²) in [5, 5.41) is 1.20. The number of para-hydroxylation sites is 1. The zero-order valence-electron chi connectivity index (χ0n) is 14.3. The quantitative estimate of drug-likeness (QED) is 0.851. The molecule has 0 atom stereocenters. The number of carbonyl (C=O) groups is 1. The highest BCUT2D eigenvalue weighted by Gasteiger charge is 2.21. The summed E-state index contributed by atoms with van der Waals surface area (Å²) in [5.74, 6) is 0.296. The number of amides is 1. The van der Waals surface area contributed by atoms with Crippen molar-refractivity contribution in [1.29, 1.82) is 0 Å². The Labute approximate surface area is 138 Å². The number of hydrogen-bond donors (Lipinski definition) is 0. The lowest BCUT2D eigenvalue weighted by Crippen LogP contribution is -2.34. The summed E-state index contributed by atoms with van der Waals surface area (Å²) in [7, 11) is 2.13. The molecule has 0 unspecified atom stereocenters. The number of hydrogen-bond acceptors (Lipinski definition) is 3. The molecule has 0 N–H and O–H groups in total. The first kappa shape index (κ1) is 15.8. The van der Waals surface area contributed by atoms with Crippen molar-refractivity contribution in [2.45, 2.75) is 33.1 Å². The molecule has 23 heavy (non-hydrogen) atoms. The van der Waals surface area contributed by atoms with Crippen LogP contribution < -0.4 is 4.90 Å². The number of likely N-dealkylation sites (N-methyl/N-ethyl adjacent to an activating group) is 1. The van der Waals surface area contributed by atoms with Crippen molar-refractivity contribution in [2.75, 3.05) is 31.6 Å². The summed E-state index contributed by atoms with van der Waals surface area (Å²) in [6.45, 7) is 6.83. The van der Waals surface area contributed by atoms with Crippen LogP contribution in [-0.4, -0.2) is 42.5 Å². The summed E-state index contributed by atoms with van der Waals surface area (Å²) in [5.41, 5.74) is 4.72. The molecule has 4 nitrogen and oxygen atoms in total. The predicted molar refractivity (Wildman–Crippen MR) is 94.9 cm³/mol. The third-order valence-electron chi connectivity index (χ3n) is 4.78. The third-order valence-corrected chi connectivity index (χ3v) is 4.78. The number of rotatable bonds is 5. The van der Waals surface area contributed by atoms with Gasteiger partial charge in [0.2, 0.25) is 5.91 Å². The lowest BCUT2D eigenvalue weighted by atomic mass is 10.0. The SMILES string of the molecule is CCc1c(C)nc2ccccc2c1N(C)CCN1CCCC1=O. The Morgan fingerprint density at radius 2 is 2.09 bits per heavy atom. The Bertz CT molecular complexity index is 726. The van der Waals surface area contributed by atoms with E-state index in [0.29, 0.717) is 12.3 Å². The third kappa shape index (κ3) is 3.03. The maximum Gasteiger partial charge on any atom is 0.222 e. The molecule has 0 aliphatic carbocycles. The molecule has 1 aliphatic heterocycles. The van der Waals surface area contributed by atoms with E-state index in [-0.39, 0.29) is 0 Å². The van der Waals surface area contributed by atoms with Crippen molar-refractivity contribution in [2.24, 2.45) is 0 Å². The van der Waals surface area contributed by atoms with Gasteiger partial charge in [-0.3, -0.25) is 9.78 Å². The molecule has 2 heterocycles. The number of likely N-dealkylation sites (tertiary alicyclic amines) is 1. The van der Waals surface area contributed by atoms with E-state index in [4.69, 9.17) is 4.98 Å². The van der Waals surface area contributed by atoms with Crippen LogP contribution in [0, 0.1) is 6.92 Å². The minimum atomic E-state index is 0.296. The van der Waals surface area contributed by atoms with E-state index in [2.05, 4.69) is 44.0 Å². The Kier molecular flexibility index (Phi) is 4.51. The van der Waals surface area contributed by atoms with Gasteiger partial charge in [-0.25, -0.2) is 0 Å². The van der Waals surface area contributed by atoms with Gasteiger partial charge in [0.05, 0.1) is 11.2 Å². The highest BCUT2D eigenvalue weighted by Crippen LogP contribution is 2.31. The summed E-state index contributed by atoms with van der Waals surface area (Å²) >= 11 is 0. The van der Waals surface area contributed by atoms with Crippen LogP contribution in [-0.2, 0) is 11.2 Å². The second-order valence-electron chi connectivity index (χ2n) is 6.30. The number of anilines is 1. The van der Waals surface area contributed by atoms with E-state index in [9.17, 15) is 4.79 Å². The molecule has 2 aromatic rings. The van der Waals surface area contributed by atoms with Gasteiger partial charge in [0.15, 0.2) is 0 Å². The topological polar surface area (TPSA) is 36.4 Å². The molecule has 0 bridgehead atoms. The van der Waals surface area contributed by atoms with Gasteiger partial charge in [-0.15, -0.1) is 0 Å². The molecule has 0 radical (unpaired) electrons. The molecule has 1 aliphatic rings. The minimum absolute atomic E-state index is 0.296. The molecule has 1 aromatic heterocycles. The van der Waals surface area contributed by atoms with Gasteiger partial charge in [-0.2, -0.15) is 0 Å². The highest BCUT2D eigenvalue weighted by atomic mass is 16.2. The van der Waals surface area contributed by atoms with Crippen molar-refractivity contribution in [3.63, 3.8) is 0 Å². The first-order chi connectivity index (χ1) is 11.1. The van der Waals surface area contributed by atoms with Crippen LogP contribution in [0.1, 0.15) is 31.0 Å². The predicted octanol–water partition coefficient (Wildman–Crippen LogP) is 3.16. The van der Waals surface area contributed by atoms with E-state index in [1.54, 1.807) is 0 Å². The Morgan fingerprint density at radius 1 is 1.30 bits per heavy atom. The van der Waals surface area contributed by atoms with E-state index >= 15 is 0 Å². The molecular weight excluding hydrogens is 286 g/mol.